The molecule has 3 rings (SSSR count). The van der Waals surface area contributed by atoms with Crippen LogP contribution in [0.25, 0.3) is 0 Å². The maximum atomic E-state index is 5.45. The number of morpholine rings is 1. The molecule has 1 atom stereocenters. The van der Waals surface area contributed by atoms with Gasteiger partial charge in [0.2, 0.25) is 0 Å². The van der Waals surface area contributed by atoms with Crippen LogP contribution in [0.3, 0.4) is 0 Å². The fourth-order valence-corrected chi connectivity index (χ4v) is 3.60. The van der Waals surface area contributed by atoms with Crippen molar-refractivity contribution in [2.24, 2.45) is 10.9 Å². The van der Waals surface area contributed by atoms with Gasteiger partial charge in [0.05, 0.1) is 32.5 Å². The lowest BCUT2D eigenvalue weighted by Gasteiger charge is -2.29. The van der Waals surface area contributed by atoms with Gasteiger partial charge in [-0.2, -0.15) is 5.10 Å². The third-order valence-electron chi connectivity index (χ3n) is 4.89. The summed E-state index contributed by atoms with van der Waals surface area (Å²) in [6, 6.07) is 0. The molecule has 7 heteroatoms. The van der Waals surface area contributed by atoms with E-state index in [2.05, 4.69) is 40.3 Å². The first kappa shape index (κ1) is 18.2. The molecule has 0 aliphatic carbocycles. The number of ether oxygens (including phenoxy) is 1. The highest BCUT2D eigenvalue weighted by Crippen LogP contribution is 2.18. The van der Waals surface area contributed by atoms with E-state index in [-0.39, 0.29) is 0 Å². The number of guanidine groups is 1. The molecule has 25 heavy (non-hydrogen) atoms. The molecule has 0 radical (unpaired) electrons. The minimum atomic E-state index is 0.732. The number of aryl methyl sites for hydroxylation is 1. The standard InChI is InChI=1S/C18H32N6O/c1-3-19-18(20-5-7-24-13-16(2)12-21-24)23-6-4-17(15-23)14-22-8-10-25-11-9-22/h12-13,17H,3-11,14-15H2,1-2H3,(H,19,20). The topological polar surface area (TPSA) is 57.9 Å². The van der Waals surface area contributed by atoms with E-state index in [4.69, 9.17) is 9.73 Å². The summed E-state index contributed by atoms with van der Waals surface area (Å²) in [6.45, 7) is 14.0. The van der Waals surface area contributed by atoms with Crippen molar-refractivity contribution in [1.29, 1.82) is 0 Å². The van der Waals surface area contributed by atoms with Crippen molar-refractivity contribution in [2.75, 3.05) is 59.0 Å². The molecule has 0 saturated carbocycles. The zero-order valence-electron chi connectivity index (χ0n) is 15.7. The summed E-state index contributed by atoms with van der Waals surface area (Å²) in [5.41, 5.74) is 1.20. The second-order valence-corrected chi connectivity index (χ2v) is 7.03. The molecule has 0 bridgehead atoms. The van der Waals surface area contributed by atoms with Gasteiger partial charge in [0, 0.05) is 45.5 Å². The molecule has 1 unspecified atom stereocenters. The number of likely N-dealkylation sites (tertiary alicyclic amines) is 1. The third-order valence-corrected chi connectivity index (χ3v) is 4.89. The van der Waals surface area contributed by atoms with Gasteiger partial charge in [-0.25, -0.2) is 0 Å². The fraction of sp³-hybridized carbons (Fsp3) is 0.778. The molecule has 7 nitrogen and oxygen atoms in total. The molecule has 3 heterocycles. The summed E-state index contributed by atoms with van der Waals surface area (Å²) in [7, 11) is 0. The van der Waals surface area contributed by atoms with Gasteiger partial charge in [-0.3, -0.25) is 14.6 Å². The van der Waals surface area contributed by atoms with Gasteiger partial charge in [-0.1, -0.05) is 0 Å². The minimum absolute atomic E-state index is 0.732. The Labute approximate surface area is 151 Å². The van der Waals surface area contributed by atoms with E-state index in [1.807, 2.05) is 10.9 Å². The first-order chi connectivity index (χ1) is 12.2. The van der Waals surface area contributed by atoms with Gasteiger partial charge in [0.1, 0.15) is 0 Å². The largest absolute Gasteiger partial charge is 0.379 e. The molecule has 1 aromatic rings. The van der Waals surface area contributed by atoms with Crippen LogP contribution in [0.15, 0.2) is 17.4 Å². The average molecular weight is 348 g/mol. The molecule has 0 spiro atoms. The summed E-state index contributed by atoms with van der Waals surface area (Å²) in [5, 5.41) is 7.78. The molecule has 1 aromatic heterocycles. The molecule has 2 saturated heterocycles. The average Bonchev–Trinajstić information content (AvgIpc) is 3.24. The molecule has 2 aliphatic heterocycles. The van der Waals surface area contributed by atoms with Crippen molar-refractivity contribution in [3.05, 3.63) is 18.0 Å². The molecule has 140 valence electrons. The molecular formula is C18H32N6O. The summed E-state index contributed by atoms with van der Waals surface area (Å²) in [5.74, 6) is 1.78. The highest BCUT2D eigenvalue weighted by Gasteiger charge is 2.27. The molecule has 0 amide bonds. The minimum Gasteiger partial charge on any atom is -0.379 e. The predicted molar refractivity (Wildman–Crippen MR) is 99.9 cm³/mol. The van der Waals surface area contributed by atoms with Crippen molar-refractivity contribution in [3.63, 3.8) is 0 Å². The van der Waals surface area contributed by atoms with E-state index in [0.717, 1.165) is 70.9 Å². The van der Waals surface area contributed by atoms with Crippen molar-refractivity contribution in [1.82, 2.24) is 24.9 Å². The molecule has 2 fully saturated rings. The van der Waals surface area contributed by atoms with E-state index in [9.17, 15) is 0 Å². The summed E-state index contributed by atoms with van der Waals surface area (Å²) in [4.78, 5) is 9.78. The highest BCUT2D eigenvalue weighted by molar-refractivity contribution is 5.80. The van der Waals surface area contributed by atoms with E-state index in [1.165, 1.54) is 18.5 Å². The van der Waals surface area contributed by atoms with Crippen LogP contribution >= 0.6 is 0 Å². The lowest BCUT2D eigenvalue weighted by molar-refractivity contribution is 0.0315. The van der Waals surface area contributed by atoms with Crippen molar-refractivity contribution < 1.29 is 4.74 Å². The van der Waals surface area contributed by atoms with E-state index in [1.54, 1.807) is 0 Å². The SMILES string of the molecule is CCNC(=NCCn1cc(C)cn1)N1CCC(CN2CCOCC2)C1. The Kier molecular flexibility index (Phi) is 6.69. The second kappa shape index (κ2) is 9.20. The van der Waals surface area contributed by atoms with Crippen molar-refractivity contribution in [2.45, 2.75) is 26.8 Å². The number of nitrogens with zero attached hydrogens (tertiary/aromatic N) is 5. The van der Waals surface area contributed by atoms with Crippen LogP contribution in [0.1, 0.15) is 18.9 Å². The Morgan fingerprint density at radius 3 is 2.92 bits per heavy atom. The number of aliphatic imine (C=N–C) groups is 1. The summed E-state index contributed by atoms with van der Waals surface area (Å²) in [6.07, 6.45) is 5.21. The Bertz CT molecular complexity index is 552. The van der Waals surface area contributed by atoms with Crippen molar-refractivity contribution >= 4 is 5.96 Å². The Morgan fingerprint density at radius 2 is 2.20 bits per heavy atom. The zero-order valence-corrected chi connectivity index (χ0v) is 15.7. The number of aromatic nitrogens is 2. The zero-order chi connectivity index (χ0) is 17.5. The number of rotatable bonds is 6. The van der Waals surface area contributed by atoms with E-state index >= 15 is 0 Å². The number of hydrogen-bond donors (Lipinski definition) is 1. The van der Waals surface area contributed by atoms with Gasteiger partial charge < -0.3 is 15.0 Å². The maximum absolute atomic E-state index is 5.45. The summed E-state index contributed by atoms with van der Waals surface area (Å²) >= 11 is 0. The van der Waals surface area contributed by atoms with Crippen LogP contribution < -0.4 is 5.32 Å². The molecule has 0 aromatic carbocycles. The second-order valence-electron chi connectivity index (χ2n) is 7.03. The Morgan fingerprint density at radius 1 is 1.36 bits per heavy atom. The van der Waals surface area contributed by atoms with E-state index < -0.39 is 0 Å². The smallest absolute Gasteiger partial charge is 0.193 e. The van der Waals surface area contributed by atoms with Crippen molar-refractivity contribution in [3.8, 4) is 0 Å². The van der Waals surface area contributed by atoms with E-state index in [0.29, 0.717) is 0 Å². The Hall–Kier alpha value is -1.60. The van der Waals surface area contributed by atoms with Crippen LogP contribution in [-0.2, 0) is 11.3 Å². The van der Waals surface area contributed by atoms with Crippen LogP contribution in [-0.4, -0.2) is 84.6 Å². The van der Waals surface area contributed by atoms with Crippen LogP contribution in [0.4, 0.5) is 0 Å². The van der Waals surface area contributed by atoms with Crippen LogP contribution in [0.5, 0.6) is 0 Å². The van der Waals surface area contributed by atoms with Crippen LogP contribution in [0, 0.1) is 12.8 Å². The lowest BCUT2D eigenvalue weighted by atomic mass is 10.1. The fourth-order valence-electron chi connectivity index (χ4n) is 3.60. The molecule has 1 N–H and O–H groups in total. The van der Waals surface area contributed by atoms with Gasteiger partial charge in [-0.15, -0.1) is 0 Å². The lowest BCUT2D eigenvalue weighted by Crippen LogP contribution is -2.42. The Balaban J connectivity index is 1.48. The van der Waals surface area contributed by atoms with Gasteiger partial charge >= 0.3 is 0 Å². The molecular weight excluding hydrogens is 316 g/mol. The predicted octanol–water partition coefficient (Wildman–Crippen LogP) is 0.811. The van der Waals surface area contributed by atoms with Crippen LogP contribution in [0.2, 0.25) is 0 Å². The van der Waals surface area contributed by atoms with Gasteiger partial charge in [-0.05, 0) is 31.7 Å². The maximum Gasteiger partial charge on any atom is 0.193 e. The van der Waals surface area contributed by atoms with Gasteiger partial charge in [0.15, 0.2) is 5.96 Å². The van der Waals surface area contributed by atoms with Gasteiger partial charge in [0.25, 0.3) is 0 Å². The number of hydrogen-bond acceptors (Lipinski definition) is 4. The third kappa shape index (κ3) is 5.44. The normalized spacial score (nSPS) is 22.6. The molecule has 2 aliphatic rings. The first-order valence-corrected chi connectivity index (χ1v) is 9.57. The monoisotopic (exact) mass is 348 g/mol. The first-order valence-electron chi connectivity index (χ1n) is 9.57. The quantitative estimate of drug-likeness (QED) is 0.609. The summed E-state index contributed by atoms with van der Waals surface area (Å²) < 4.78 is 7.42. The number of nitrogens with one attached hydrogen (secondary N) is 1. The highest BCUT2D eigenvalue weighted by atomic mass is 16.5.